The number of nitrogens with one attached hydrogen (secondary N) is 1. The first-order valence-electron chi connectivity index (χ1n) is 10.9. The second-order valence-corrected chi connectivity index (χ2v) is 8.10. The zero-order valence-electron chi connectivity index (χ0n) is 18.0. The summed E-state index contributed by atoms with van der Waals surface area (Å²) in [7, 11) is 0. The normalized spacial score (nSPS) is 16.3. The minimum atomic E-state index is -0.198. The van der Waals surface area contributed by atoms with Crippen LogP contribution in [-0.4, -0.2) is 62.7 Å². The van der Waals surface area contributed by atoms with Crippen molar-refractivity contribution in [3.8, 4) is 0 Å². The first-order valence-corrected chi connectivity index (χ1v) is 10.9. The third-order valence-corrected chi connectivity index (χ3v) is 5.59. The van der Waals surface area contributed by atoms with Crippen LogP contribution < -0.4 is 5.32 Å². The number of carbonyl (C=O) groups excluding carboxylic acids is 1. The maximum atomic E-state index is 12.5. The predicted octanol–water partition coefficient (Wildman–Crippen LogP) is 2.40. The van der Waals surface area contributed by atoms with Crippen LogP contribution in [0.2, 0.25) is 0 Å². The molecule has 1 fully saturated rings. The van der Waals surface area contributed by atoms with Crippen molar-refractivity contribution in [3.63, 3.8) is 0 Å². The lowest BCUT2D eigenvalue weighted by Crippen LogP contribution is -2.45. The number of nitrogens with zero attached hydrogens (tertiary/aromatic N) is 5. The van der Waals surface area contributed by atoms with E-state index < -0.39 is 0 Å². The zero-order chi connectivity index (χ0) is 21.5. The fraction of sp³-hybridized carbons (Fsp3) is 0.435. The Morgan fingerprint density at radius 2 is 1.84 bits per heavy atom. The van der Waals surface area contributed by atoms with E-state index in [-0.39, 0.29) is 11.9 Å². The number of piperazine rings is 1. The molecule has 1 aliphatic rings. The van der Waals surface area contributed by atoms with E-state index >= 15 is 0 Å². The van der Waals surface area contributed by atoms with Crippen molar-refractivity contribution in [2.24, 2.45) is 0 Å². The average molecular weight is 423 g/mol. The van der Waals surface area contributed by atoms with E-state index in [9.17, 15) is 4.79 Å². The van der Waals surface area contributed by atoms with Crippen LogP contribution in [0.1, 0.15) is 35.3 Å². The van der Waals surface area contributed by atoms with Crippen LogP contribution in [0.25, 0.3) is 0 Å². The summed E-state index contributed by atoms with van der Waals surface area (Å²) < 4.78 is 7.43. The van der Waals surface area contributed by atoms with Crippen molar-refractivity contribution < 1.29 is 9.21 Å². The quantitative estimate of drug-likeness (QED) is 0.570. The molecule has 2 aromatic heterocycles. The summed E-state index contributed by atoms with van der Waals surface area (Å²) in [6, 6.07) is 12.5. The van der Waals surface area contributed by atoms with Crippen molar-refractivity contribution in [1.29, 1.82) is 0 Å². The van der Waals surface area contributed by atoms with Crippen LogP contribution in [0.15, 0.2) is 59.5 Å². The van der Waals surface area contributed by atoms with Crippen molar-refractivity contribution in [1.82, 2.24) is 29.9 Å². The van der Waals surface area contributed by atoms with Crippen molar-refractivity contribution in [3.05, 3.63) is 72.2 Å². The molecule has 0 unspecified atom stereocenters. The van der Waals surface area contributed by atoms with Crippen LogP contribution in [0, 0.1) is 0 Å². The molecule has 8 heteroatoms. The zero-order valence-corrected chi connectivity index (χ0v) is 18.0. The molecule has 1 aliphatic heterocycles. The Balaban J connectivity index is 1.19. The third-order valence-electron chi connectivity index (χ3n) is 5.59. The van der Waals surface area contributed by atoms with E-state index in [1.54, 1.807) is 6.20 Å². The summed E-state index contributed by atoms with van der Waals surface area (Å²) in [6.07, 6.45) is 5.92. The summed E-state index contributed by atoms with van der Waals surface area (Å²) in [5, 5.41) is 7.16. The molecule has 31 heavy (non-hydrogen) atoms. The van der Waals surface area contributed by atoms with Gasteiger partial charge < -0.3 is 9.73 Å². The van der Waals surface area contributed by atoms with E-state index in [4.69, 9.17) is 4.42 Å². The minimum Gasteiger partial charge on any atom is -0.447 e. The molecule has 0 bridgehead atoms. The molecule has 3 aromatic rings. The van der Waals surface area contributed by atoms with E-state index in [0.29, 0.717) is 18.1 Å². The number of oxazole rings is 1. The summed E-state index contributed by atoms with van der Waals surface area (Å²) in [5.41, 5.74) is 1.68. The lowest BCUT2D eigenvalue weighted by atomic mass is 10.2. The van der Waals surface area contributed by atoms with Gasteiger partial charge in [0.05, 0.1) is 6.54 Å². The maximum absolute atomic E-state index is 12.5. The summed E-state index contributed by atoms with van der Waals surface area (Å²) >= 11 is 0. The number of benzene rings is 1. The van der Waals surface area contributed by atoms with E-state index in [1.807, 2.05) is 29.9 Å². The van der Waals surface area contributed by atoms with Gasteiger partial charge in [-0.15, -0.1) is 0 Å². The highest BCUT2D eigenvalue weighted by molar-refractivity contribution is 5.92. The molecular weight excluding hydrogens is 392 g/mol. The fourth-order valence-corrected chi connectivity index (χ4v) is 3.75. The molecule has 0 spiro atoms. The average Bonchev–Trinajstić information content (AvgIpc) is 3.47. The van der Waals surface area contributed by atoms with Crippen molar-refractivity contribution in [2.75, 3.05) is 26.2 Å². The Bertz CT molecular complexity index is 932. The van der Waals surface area contributed by atoms with Gasteiger partial charge in [0.1, 0.15) is 6.26 Å². The van der Waals surface area contributed by atoms with E-state index in [2.05, 4.69) is 49.5 Å². The number of rotatable bonds is 9. The smallest absolute Gasteiger partial charge is 0.273 e. The Morgan fingerprint density at radius 3 is 2.55 bits per heavy atom. The van der Waals surface area contributed by atoms with Gasteiger partial charge in [0.2, 0.25) is 5.89 Å². The Labute approximate surface area is 182 Å². The van der Waals surface area contributed by atoms with Gasteiger partial charge in [0.15, 0.2) is 5.69 Å². The van der Waals surface area contributed by atoms with Gasteiger partial charge in [-0.1, -0.05) is 30.3 Å². The van der Waals surface area contributed by atoms with Gasteiger partial charge in [-0.2, -0.15) is 5.10 Å². The standard InChI is InChI=1S/C23H30N6O2/c1-19(8-11-29-10-5-9-24-29)25-23(30)21-18-31-22(26-21)17-28-14-12-27(13-15-28)16-20-6-3-2-4-7-20/h2-7,9-10,18-19H,8,11-17H2,1H3,(H,25,30)/t19-/m1/s1. The molecule has 1 saturated heterocycles. The highest BCUT2D eigenvalue weighted by Gasteiger charge is 2.20. The number of hydrogen-bond acceptors (Lipinski definition) is 6. The number of aromatic nitrogens is 3. The fourth-order valence-electron chi connectivity index (χ4n) is 3.75. The second-order valence-electron chi connectivity index (χ2n) is 8.10. The molecule has 164 valence electrons. The lowest BCUT2D eigenvalue weighted by molar-refractivity contribution is 0.0932. The monoisotopic (exact) mass is 422 g/mol. The van der Waals surface area contributed by atoms with Gasteiger partial charge in [0.25, 0.3) is 5.91 Å². The molecular formula is C23H30N6O2. The number of aryl methyl sites for hydroxylation is 1. The molecule has 3 heterocycles. The highest BCUT2D eigenvalue weighted by Crippen LogP contribution is 2.12. The van der Waals surface area contributed by atoms with Gasteiger partial charge in [-0.3, -0.25) is 19.3 Å². The topological polar surface area (TPSA) is 79.4 Å². The van der Waals surface area contributed by atoms with Crippen molar-refractivity contribution >= 4 is 5.91 Å². The van der Waals surface area contributed by atoms with Gasteiger partial charge in [-0.05, 0) is 25.0 Å². The van der Waals surface area contributed by atoms with Crippen molar-refractivity contribution in [2.45, 2.75) is 39.0 Å². The van der Waals surface area contributed by atoms with Gasteiger partial charge in [0, 0.05) is 57.7 Å². The molecule has 1 amide bonds. The summed E-state index contributed by atoms with van der Waals surface area (Å²) in [5.74, 6) is 0.390. The molecule has 0 radical (unpaired) electrons. The second kappa shape index (κ2) is 10.4. The third kappa shape index (κ3) is 6.26. The molecule has 1 N–H and O–H groups in total. The van der Waals surface area contributed by atoms with Crippen LogP contribution in [0.3, 0.4) is 0 Å². The number of hydrogen-bond donors (Lipinski definition) is 1. The van der Waals surface area contributed by atoms with Gasteiger partial charge >= 0.3 is 0 Å². The largest absolute Gasteiger partial charge is 0.447 e. The first kappa shape index (κ1) is 21.3. The lowest BCUT2D eigenvalue weighted by Gasteiger charge is -2.34. The van der Waals surface area contributed by atoms with Gasteiger partial charge in [-0.25, -0.2) is 4.98 Å². The highest BCUT2D eigenvalue weighted by atomic mass is 16.3. The van der Waals surface area contributed by atoms with Crippen LogP contribution >= 0.6 is 0 Å². The Morgan fingerprint density at radius 1 is 1.10 bits per heavy atom. The van der Waals surface area contributed by atoms with Crippen LogP contribution in [-0.2, 0) is 19.6 Å². The van der Waals surface area contributed by atoms with Crippen LogP contribution in [0.5, 0.6) is 0 Å². The Kier molecular flexibility index (Phi) is 7.11. The van der Waals surface area contributed by atoms with Crippen LogP contribution in [0.4, 0.5) is 0 Å². The SMILES string of the molecule is C[C@H](CCn1cccn1)NC(=O)c1coc(CN2CCN(Cc3ccccc3)CC2)n1. The molecule has 1 atom stereocenters. The maximum Gasteiger partial charge on any atom is 0.273 e. The minimum absolute atomic E-state index is 0.0227. The molecule has 1 aromatic carbocycles. The van der Waals surface area contributed by atoms with E-state index in [1.165, 1.54) is 11.8 Å². The summed E-state index contributed by atoms with van der Waals surface area (Å²) in [6.45, 7) is 8.29. The predicted molar refractivity (Wildman–Crippen MR) is 117 cm³/mol. The Hall–Kier alpha value is -2.97. The molecule has 0 aliphatic carbocycles. The molecule has 0 saturated carbocycles. The number of amides is 1. The number of carbonyl (C=O) groups is 1. The van der Waals surface area contributed by atoms with E-state index in [0.717, 1.165) is 45.7 Å². The molecule has 8 nitrogen and oxygen atoms in total. The first-order chi connectivity index (χ1) is 15.2. The molecule has 4 rings (SSSR count). The summed E-state index contributed by atoms with van der Waals surface area (Å²) in [4.78, 5) is 21.6.